The molecule has 1 aromatic rings. The van der Waals surface area contributed by atoms with Crippen molar-refractivity contribution < 1.29 is 0 Å². The first-order chi connectivity index (χ1) is 8.45. The van der Waals surface area contributed by atoms with Gasteiger partial charge in [0, 0.05) is 11.4 Å². The number of nitrogens with one attached hydrogen (secondary N) is 1. The van der Waals surface area contributed by atoms with Crippen LogP contribution in [-0.4, -0.2) is 11.0 Å². The lowest BCUT2D eigenvalue weighted by Gasteiger charge is -2.35. The Morgan fingerprint density at radius 2 is 2.11 bits per heavy atom. The van der Waals surface area contributed by atoms with Crippen LogP contribution in [0.25, 0.3) is 0 Å². The zero-order valence-electron chi connectivity index (χ0n) is 12.3. The third-order valence-corrected chi connectivity index (χ3v) is 5.13. The first kappa shape index (κ1) is 14.0. The molecule has 102 valence electrons. The fraction of sp³-hybridized carbons (Fsp3) is 0.800. The lowest BCUT2D eigenvalue weighted by atomic mass is 9.88. The molecule has 1 heterocycles. The summed E-state index contributed by atoms with van der Waals surface area (Å²) >= 11 is 1.85. The topological polar surface area (TPSA) is 24.9 Å². The molecular formula is C15H26N2S. The molecule has 1 saturated carbocycles. The highest BCUT2D eigenvalue weighted by Crippen LogP contribution is 2.45. The van der Waals surface area contributed by atoms with Crippen LogP contribution in [0, 0.1) is 5.92 Å². The average molecular weight is 266 g/mol. The molecule has 2 unspecified atom stereocenters. The third-order valence-electron chi connectivity index (χ3n) is 4.09. The van der Waals surface area contributed by atoms with E-state index in [1.807, 2.05) is 11.3 Å². The van der Waals surface area contributed by atoms with Crippen LogP contribution < -0.4 is 5.32 Å². The van der Waals surface area contributed by atoms with Crippen molar-refractivity contribution in [3.8, 4) is 0 Å². The Bertz CT molecular complexity index is 397. The predicted octanol–water partition coefficient (Wildman–Crippen LogP) is 4.28. The normalized spacial score (nSPS) is 28.5. The summed E-state index contributed by atoms with van der Waals surface area (Å²) in [6.07, 6.45) is 3.87. The van der Waals surface area contributed by atoms with E-state index < -0.39 is 0 Å². The van der Waals surface area contributed by atoms with Gasteiger partial charge in [0.1, 0.15) is 5.01 Å². The Kier molecular flexibility index (Phi) is 4.12. The van der Waals surface area contributed by atoms with Crippen LogP contribution >= 0.6 is 11.3 Å². The van der Waals surface area contributed by atoms with E-state index in [-0.39, 0.29) is 5.54 Å². The minimum absolute atomic E-state index is 0.131. The van der Waals surface area contributed by atoms with Crippen molar-refractivity contribution in [3.63, 3.8) is 0 Å². The van der Waals surface area contributed by atoms with Gasteiger partial charge in [0.2, 0.25) is 0 Å². The molecule has 0 saturated heterocycles. The molecule has 3 heteroatoms. The van der Waals surface area contributed by atoms with Crippen molar-refractivity contribution in [1.82, 2.24) is 10.3 Å². The number of rotatable bonds is 4. The Morgan fingerprint density at radius 3 is 2.56 bits per heavy atom. The lowest BCUT2D eigenvalue weighted by Crippen LogP contribution is -2.47. The molecule has 1 N–H and O–H groups in total. The van der Waals surface area contributed by atoms with E-state index in [1.54, 1.807) is 0 Å². The van der Waals surface area contributed by atoms with Gasteiger partial charge in [-0.25, -0.2) is 4.98 Å². The molecule has 0 bridgehead atoms. The maximum Gasteiger partial charge on any atom is 0.113 e. The van der Waals surface area contributed by atoms with Crippen LogP contribution in [0.15, 0.2) is 5.38 Å². The minimum atomic E-state index is 0.131. The Morgan fingerprint density at radius 1 is 1.39 bits per heavy atom. The Hall–Kier alpha value is -0.410. The van der Waals surface area contributed by atoms with Crippen molar-refractivity contribution >= 4 is 11.3 Å². The second-order valence-corrected chi connectivity index (χ2v) is 7.15. The highest BCUT2D eigenvalue weighted by molar-refractivity contribution is 7.09. The Balaban J connectivity index is 2.33. The van der Waals surface area contributed by atoms with E-state index in [4.69, 9.17) is 4.98 Å². The van der Waals surface area contributed by atoms with E-state index in [0.29, 0.717) is 17.9 Å². The summed E-state index contributed by atoms with van der Waals surface area (Å²) in [5, 5.41) is 7.38. The highest BCUT2D eigenvalue weighted by Gasteiger charge is 2.44. The van der Waals surface area contributed by atoms with Gasteiger partial charge < -0.3 is 5.32 Å². The van der Waals surface area contributed by atoms with Crippen molar-refractivity contribution in [1.29, 1.82) is 0 Å². The lowest BCUT2D eigenvalue weighted by molar-refractivity contribution is 0.241. The van der Waals surface area contributed by atoms with Gasteiger partial charge in [-0.05, 0) is 38.5 Å². The maximum absolute atomic E-state index is 4.92. The van der Waals surface area contributed by atoms with Gasteiger partial charge in [-0.2, -0.15) is 0 Å². The molecule has 1 aromatic heterocycles. The van der Waals surface area contributed by atoms with Gasteiger partial charge in [0.25, 0.3) is 0 Å². The van der Waals surface area contributed by atoms with Crippen molar-refractivity contribution in [3.05, 3.63) is 16.1 Å². The van der Waals surface area contributed by atoms with Crippen LogP contribution in [0.1, 0.15) is 70.5 Å². The smallest absolute Gasteiger partial charge is 0.113 e. The first-order valence-corrected chi connectivity index (χ1v) is 8.07. The monoisotopic (exact) mass is 266 g/mol. The number of thiazole rings is 1. The van der Waals surface area contributed by atoms with Gasteiger partial charge in [0.15, 0.2) is 0 Å². The molecular weight excluding hydrogens is 240 g/mol. The average Bonchev–Trinajstić information content (AvgIpc) is 2.86. The number of hydrogen-bond donors (Lipinski definition) is 1. The summed E-state index contributed by atoms with van der Waals surface area (Å²) < 4.78 is 0. The van der Waals surface area contributed by atoms with Crippen molar-refractivity contribution in [2.24, 2.45) is 5.92 Å². The number of hydrogen-bond acceptors (Lipinski definition) is 3. The number of aromatic nitrogens is 1. The first-order valence-electron chi connectivity index (χ1n) is 7.19. The van der Waals surface area contributed by atoms with Gasteiger partial charge in [-0.3, -0.25) is 0 Å². The summed E-state index contributed by atoms with van der Waals surface area (Å²) in [4.78, 5) is 4.92. The predicted molar refractivity (Wildman–Crippen MR) is 79.2 cm³/mol. The molecule has 0 amide bonds. The van der Waals surface area contributed by atoms with Gasteiger partial charge >= 0.3 is 0 Å². The summed E-state index contributed by atoms with van der Waals surface area (Å²) in [6.45, 7) is 11.3. The van der Waals surface area contributed by atoms with Gasteiger partial charge in [-0.1, -0.05) is 27.2 Å². The number of nitrogens with zero attached hydrogens (tertiary/aromatic N) is 1. The molecule has 1 aliphatic carbocycles. The molecule has 2 rings (SSSR count). The molecule has 0 spiro atoms. The Labute approximate surface area is 115 Å². The van der Waals surface area contributed by atoms with Crippen molar-refractivity contribution in [2.75, 3.05) is 0 Å². The molecule has 2 nitrogen and oxygen atoms in total. The van der Waals surface area contributed by atoms with E-state index >= 15 is 0 Å². The van der Waals surface area contributed by atoms with Crippen LogP contribution in [0.3, 0.4) is 0 Å². The van der Waals surface area contributed by atoms with E-state index in [2.05, 4.69) is 45.3 Å². The quantitative estimate of drug-likeness (QED) is 0.880. The summed E-state index contributed by atoms with van der Waals surface area (Å²) in [5.74, 6) is 1.22. The van der Waals surface area contributed by atoms with E-state index in [1.165, 1.54) is 30.0 Å². The molecule has 0 radical (unpaired) electrons. The zero-order valence-corrected chi connectivity index (χ0v) is 13.1. The fourth-order valence-electron chi connectivity index (χ4n) is 3.05. The molecule has 2 atom stereocenters. The molecule has 18 heavy (non-hydrogen) atoms. The van der Waals surface area contributed by atoms with Gasteiger partial charge in [-0.15, -0.1) is 11.3 Å². The molecule has 0 aliphatic heterocycles. The second-order valence-electron chi connectivity index (χ2n) is 6.30. The largest absolute Gasteiger partial charge is 0.303 e. The SMILES string of the molecule is CC(C)NC1(c2nc(C(C)C)cs2)CCCC1C. The standard InChI is InChI=1S/C15H26N2S/c1-10(2)13-9-18-14(16-13)15(17-11(3)4)8-6-7-12(15)5/h9-12,17H,6-8H2,1-5H3. The third kappa shape index (κ3) is 2.48. The maximum atomic E-state index is 4.92. The highest BCUT2D eigenvalue weighted by atomic mass is 32.1. The second kappa shape index (κ2) is 5.30. The van der Waals surface area contributed by atoms with Crippen LogP contribution in [0.4, 0.5) is 0 Å². The fourth-order valence-corrected chi connectivity index (χ4v) is 4.33. The van der Waals surface area contributed by atoms with Crippen LogP contribution in [0.2, 0.25) is 0 Å². The zero-order chi connectivity index (χ0) is 13.3. The molecule has 0 aromatic carbocycles. The summed E-state index contributed by atoms with van der Waals surface area (Å²) in [6, 6.07) is 0.511. The van der Waals surface area contributed by atoms with Crippen LogP contribution in [0.5, 0.6) is 0 Å². The minimum Gasteiger partial charge on any atom is -0.303 e. The molecule has 1 fully saturated rings. The summed E-state index contributed by atoms with van der Waals surface area (Å²) in [7, 11) is 0. The van der Waals surface area contributed by atoms with Crippen LogP contribution in [-0.2, 0) is 5.54 Å². The van der Waals surface area contributed by atoms with Crippen molar-refractivity contribution in [2.45, 2.75) is 71.4 Å². The van der Waals surface area contributed by atoms with E-state index in [9.17, 15) is 0 Å². The molecule has 1 aliphatic rings. The van der Waals surface area contributed by atoms with Gasteiger partial charge in [0.05, 0.1) is 11.2 Å². The van der Waals surface area contributed by atoms with E-state index in [0.717, 1.165) is 0 Å². The summed E-state index contributed by atoms with van der Waals surface area (Å²) in [5.41, 5.74) is 1.38.